The second kappa shape index (κ2) is 4.94. The van der Waals surface area contributed by atoms with Gasteiger partial charge in [-0.1, -0.05) is 11.6 Å². The van der Waals surface area contributed by atoms with Gasteiger partial charge < -0.3 is 19.3 Å². The number of aromatic nitrogens is 2. The summed E-state index contributed by atoms with van der Waals surface area (Å²) < 4.78 is 12.4. The summed E-state index contributed by atoms with van der Waals surface area (Å²) in [5.74, 6) is -1.25. The van der Waals surface area contributed by atoms with Crippen LogP contribution in [0.2, 0.25) is 5.02 Å². The van der Waals surface area contributed by atoms with Crippen molar-refractivity contribution in [2.45, 2.75) is 6.42 Å². The minimum atomic E-state index is -4.20. The fourth-order valence-electron chi connectivity index (χ4n) is 1.73. The highest BCUT2D eigenvalue weighted by Crippen LogP contribution is 2.35. The molecule has 2 aromatic rings. The molecule has 9 heteroatoms. The third-order valence-corrected chi connectivity index (χ3v) is 3.57. The summed E-state index contributed by atoms with van der Waals surface area (Å²) in [6.07, 6.45) is 0.991. The maximum absolute atomic E-state index is 11.1. The molecule has 0 aliphatic carbocycles. The number of aromatic carboxylic acids is 1. The molecule has 0 bridgehead atoms. The van der Waals surface area contributed by atoms with Gasteiger partial charge in [0.2, 0.25) is 0 Å². The minimum absolute atomic E-state index is 0.0886. The molecule has 0 amide bonds. The maximum Gasteiger partial charge on any atom is 0.356 e. The van der Waals surface area contributed by atoms with Crippen LogP contribution in [-0.4, -0.2) is 36.4 Å². The molecule has 0 fully saturated rings. The second-order valence-corrected chi connectivity index (χ2v) is 6.14. The lowest BCUT2D eigenvalue weighted by molar-refractivity contribution is 0.0690. The van der Waals surface area contributed by atoms with E-state index in [-0.39, 0.29) is 17.8 Å². The summed E-state index contributed by atoms with van der Waals surface area (Å²) in [6, 6.07) is 3.03. The van der Waals surface area contributed by atoms with Gasteiger partial charge in [0.05, 0.1) is 11.9 Å². The van der Waals surface area contributed by atoms with E-state index >= 15 is 0 Å². The Labute approximate surface area is 112 Å². The van der Waals surface area contributed by atoms with E-state index in [9.17, 15) is 9.36 Å². The van der Waals surface area contributed by atoms with Gasteiger partial charge in [0.25, 0.3) is 0 Å². The van der Waals surface area contributed by atoms with Crippen LogP contribution in [0.5, 0.6) is 0 Å². The lowest BCUT2D eigenvalue weighted by atomic mass is 10.2. The van der Waals surface area contributed by atoms with Gasteiger partial charge in [-0.3, -0.25) is 4.57 Å². The second-order valence-electron chi connectivity index (χ2n) is 3.92. The Morgan fingerprint density at radius 3 is 2.74 bits per heavy atom. The van der Waals surface area contributed by atoms with Crippen molar-refractivity contribution in [3.8, 4) is 0 Å². The molecule has 0 saturated carbocycles. The van der Waals surface area contributed by atoms with Crippen LogP contribution >= 0.6 is 19.2 Å². The first-order chi connectivity index (χ1) is 8.78. The van der Waals surface area contributed by atoms with Crippen LogP contribution in [0.15, 0.2) is 18.3 Å². The molecule has 0 unspecified atom stereocenters. The van der Waals surface area contributed by atoms with E-state index in [2.05, 4.69) is 4.98 Å². The smallest absolute Gasteiger partial charge is 0.356 e. The number of rotatable bonds is 4. The number of carboxylic acids is 1. The van der Waals surface area contributed by atoms with Crippen LogP contribution in [0.4, 0.5) is 0 Å². The van der Waals surface area contributed by atoms with Gasteiger partial charge in [-0.15, -0.1) is 0 Å². The van der Waals surface area contributed by atoms with E-state index in [0.29, 0.717) is 10.7 Å². The van der Waals surface area contributed by atoms with E-state index in [1.54, 1.807) is 6.07 Å². The number of halogens is 1. The SMILES string of the molecule is O=C(O)c1nc2cc(Cl)ccn2c1CCP(=O)(O)O. The van der Waals surface area contributed by atoms with E-state index in [1.165, 1.54) is 16.7 Å². The maximum atomic E-state index is 11.1. The van der Waals surface area contributed by atoms with Gasteiger partial charge in [-0.05, 0) is 6.07 Å². The van der Waals surface area contributed by atoms with E-state index in [1.807, 2.05) is 0 Å². The molecule has 0 aliphatic heterocycles. The summed E-state index contributed by atoms with van der Waals surface area (Å²) in [7, 11) is -4.20. The third-order valence-electron chi connectivity index (χ3n) is 2.53. The van der Waals surface area contributed by atoms with Crippen molar-refractivity contribution in [2.75, 3.05) is 6.16 Å². The summed E-state index contributed by atoms with van der Waals surface area (Å²) in [4.78, 5) is 32.7. The zero-order chi connectivity index (χ0) is 14.2. The summed E-state index contributed by atoms with van der Waals surface area (Å²) in [5.41, 5.74) is 0.337. The normalized spacial score (nSPS) is 11.9. The molecule has 7 nitrogen and oxygen atoms in total. The van der Waals surface area contributed by atoms with Crippen LogP contribution in [0.1, 0.15) is 16.2 Å². The number of hydrogen-bond donors (Lipinski definition) is 3. The molecule has 0 spiro atoms. The molecular formula is C10H10ClN2O5P. The fraction of sp³-hybridized carbons (Fsp3) is 0.200. The van der Waals surface area contributed by atoms with Crippen LogP contribution in [-0.2, 0) is 11.0 Å². The topological polar surface area (TPSA) is 112 Å². The molecule has 19 heavy (non-hydrogen) atoms. The van der Waals surface area contributed by atoms with Crippen molar-refractivity contribution in [2.24, 2.45) is 0 Å². The Balaban J connectivity index is 2.52. The highest BCUT2D eigenvalue weighted by atomic mass is 35.5. The van der Waals surface area contributed by atoms with Crippen LogP contribution in [0.3, 0.4) is 0 Å². The van der Waals surface area contributed by atoms with Gasteiger partial charge >= 0.3 is 13.6 Å². The molecule has 0 atom stereocenters. The van der Waals surface area contributed by atoms with Crippen molar-refractivity contribution in [1.29, 1.82) is 0 Å². The first-order valence-corrected chi connectivity index (χ1v) is 7.40. The van der Waals surface area contributed by atoms with Crippen molar-refractivity contribution >= 4 is 30.8 Å². The minimum Gasteiger partial charge on any atom is -0.476 e. The Morgan fingerprint density at radius 1 is 1.47 bits per heavy atom. The van der Waals surface area contributed by atoms with E-state index < -0.39 is 19.7 Å². The lowest BCUT2D eigenvalue weighted by Crippen LogP contribution is -2.06. The van der Waals surface area contributed by atoms with Crippen LogP contribution in [0.25, 0.3) is 5.65 Å². The molecule has 102 valence electrons. The molecule has 2 aromatic heterocycles. The summed E-state index contributed by atoms with van der Waals surface area (Å²) >= 11 is 5.78. The number of fused-ring (bicyclic) bond motifs is 1. The van der Waals surface area contributed by atoms with Gasteiger partial charge in [0, 0.05) is 23.7 Å². The average molecular weight is 305 g/mol. The number of aryl methyl sites for hydroxylation is 1. The van der Waals surface area contributed by atoms with Crippen molar-refractivity contribution in [3.05, 3.63) is 34.7 Å². The molecule has 3 N–H and O–H groups in total. The zero-order valence-electron chi connectivity index (χ0n) is 9.52. The number of hydrogen-bond acceptors (Lipinski definition) is 3. The fourth-order valence-corrected chi connectivity index (χ4v) is 2.39. The Hall–Kier alpha value is -1.40. The highest BCUT2D eigenvalue weighted by Gasteiger charge is 2.21. The molecular weight excluding hydrogens is 295 g/mol. The van der Waals surface area contributed by atoms with Crippen molar-refractivity contribution in [3.63, 3.8) is 0 Å². The zero-order valence-corrected chi connectivity index (χ0v) is 11.2. The predicted molar refractivity (Wildman–Crippen MR) is 67.8 cm³/mol. The highest BCUT2D eigenvalue weighted by molar-refractivity contribution is 7.51. The number of carbonyl (C=O) groups is 1. The summed E-state index contributed by atoms with van der Waals surface area (Å²) in [6.45, 7) is 0. The first kappa shape index (κ1) is 14.0. The Morgan fingerprint density at radius 2 is 2.16 bits per heavy atom. The number of carboxylic acid groups (broad SMARTS) is 1. The average Bonchev–Trinajstić information content (AvgIpc) is 2.63. The molecule has 0 saturated heterocycles. The molecule has 0 aromatic carbocycles. The number of pyridine rings is 1. The molecule has 0 radical (unpaired) electrons. The first-order valence-electron chi connectivity index (χ1n) is 5.22. The van der Waals surface area contributed by atoms with Crippen LogP contribution < -0.4 is 0 Å². The third kappa shape index (κ3) is 3.13. The van der Waals surface area contributed by atoms with Gasteiger partial charge in [0.15, 0.2) is 5.69 Å². The molecule has 2 rings (SSSR count). The van der Waals surface area contributed by atoms with E-state index in [4.69, 9.17) is 26.5 Å². The standard InChI is InChI=1S/C10H10ClN2O5P/c11-6-1-3-13-7(2-4-19(16,17)18)9(10(14)15)12-8(13)5-6/h1,3,5H,2,4H2,(H,14,15)(H2,16,17,18). The van der Waals surface area contributed by atoms with Gasteiger partial charge in [0.1, 0.15) is 5.65 Å². The Bertz CT molecular complexity index is 693. The number of imidazole rings is 1. The Kier molecular flexibility index (Phi) is 3.64. The van der Waals surface area contributed by atoms with Gasteiger partial charge in [-0.25, -0.2) is 9.78 Å². The molecule has 0 aliphatic rings. The van der Waals surface area contributed by atoms with Crippen molar-refractivity contribution in [1.82, 2.24) is 9.38 Å². The van der Waals surface area contributed by atoms with Crippen LogP contribution in [0, 0.1) is 0 Å². The lowest BCUT2D eigenvalue weighted by Gasteiger charge is -2.05. The van der Waals surface area contributed by atoms with Crippen molar-refractivity contribution < 1.29 is 24.3 Å². The number of nitrogens with zero attached hydrogens (tertiary/aromatic N) is 2. The largest absolute Gasteiger partial charge is 0.476 e. The predicted octanol–water partition coefficient (Wildman–Crippen LogP) is 1.41. The molecule has 2 heterocycles. The monoisotopic (exact) mass is 304 g/mol. The van der Waals surface area contributed by atoms with Gasteiger partial charge in [-0.2, -0.15) is 0 Å². The van der Waals surface area contributed by atoms with E-state index in [0.717, 1.165) is 0 Å². The quantitative estimate of drug-likeness (QED) is 0.736. The summed E-state index contributed by atoms with van der Waals surface area (Å²) in [5, 5.41) is 9.46.